The van der Waals surface area contributed by atoms with Crippen molar-refractivity contribution in [3.8, 4) is 11.3 Å². The Morgan fingerprint density at radius 2 is 1.50 bits per heavy atom. The van der Waals surface area contributed by atoms with E-state index in [-0.39, 0.29) is 11.4 Å². The van der Waals surface area contributed by atoms with Gasteiger partial charge >= 0.3 is 0 Å². The molecule has 0 atom stereocenters. The van der Waals surface area contributed by atoms with Crippen LogP contribution in [0.15, 0.2) is 100 Å². The van der Waals surface area contributed by atoms with Gasteiger partial charge < -0.3 is 0 Å². The third-order valence-corrected chi connectivity index (χ3v) is 6.59. The molecule has 152 valence electrons. The van der Waals surface area contributed by atoms with Crippen molar-refractivity contribution in [2.45, 2.75) is 18.0 Å². The molecule has 1 N–H and O–H groups in total. The van der Waals surface area contributed by atoms with Crippen LogP contribution in [0, 0.1) is 0 Å². The van der Waals surface area contributed by atoms with Gasteiger partial charge in [-0.1, -0.05) is 76.6 Å². The number of nitrogens with one attached hydrogen (secondary N) is 1. The minimum Gasteiger partial charge on any atom is -0.267 e. The van der Waals surface area contributed by atoms with Gasteiger partial charge in [0, 0.05) is 28.3 Å². The molecule has 0 aliphatic rings. The van der Waals surface area contributed by atoms with E-state index in [0.29, 0.717) is 6.54 Å². The van der Waals surface area contributed by atoms with Crippen LogP contribution in [0.1, 0.15) is 11.1 Å². The lowest BCUT2D eigenvalue weighted by Crippen LogP contribution is -2.23. The first-order chi connectivity index (χ1) is 14.5. The van der Waals surface area contributed by atoms with E-state index in [1.165, 1.54) is 0 Å². The van der Waals surface area contributed by atoms with Gasteiger partial charge in [-0.15, -0.1) is 0 Å². The van der Waals surface area contributed by atoms with Gasteiger partial charge in [-0.25, -0.2) is 13.1 Å². The van der Waals surface area contributed by atoms with Crippen molar-refractivity contribution in [1.29, 1.82) is 0 Å². The van der Waals surface area contributed by atoms with E-state index < -0.39 is 10.0 Å². The summed E-state index contributed by atoms with van der Waals surface area (Å²) in [4.78, 5) is 0.226. The summed E-state index contributed by atoms with van der Waals surface area (Å²) in [5.41, 5.74) is 3.66. The smallest absolute Gasteiger partial charge is 0.240 e. The molecule has 4 aromatic rings. The topological polar surface area (TPSA) is 64.0 Å². The van der Waals surface area contributed by atoms with Gasteiger partial charge in [0.05, 0.1) is 17.1 Å². The number of sulfonamides is 1. The third-order valence-electron chi connectivity index (χ3n) is 4.65. The number of hydrogen-bond acceptors (Lipinski definition) is 3. The van der Waals surface area contributed by atoms with Crippen LogP contribution in [0.25, 0.3) is 11.3 Å². The molecule has 7 heteroatoms. The van der Waals surface area contributed by atoms with Gasteiger partial charge in [-0.3, -0.25) is 4.68 Å². The maximum absolute atomic E-state index is 12.7. The highest BCUT2D eigenvalue weighted by atomic mass is 79.9. The molecule has 0 saturated heterocycles. The van der Waals surface area contributed by atoms with Gasteiger partial charge in [0.25, 0.3) is 0 Å². The van der Waals surface area contributed by atoms with E-state index in [2.05, 4.69) is 20.7 Å². The molecule has 0 unspecified atom stereocenters. The van der Waals surface area contributed by atoms with Crippen molar-refractivity contribution in [1.82, 2.24) is 14.5 Å². The molecular formula is C23H20BrN3O2S. The molecule has 0 saturated carbocycles. The Morgan fingerprint density at radius 1 is 0.867 bits per heavy atom. The lowest BCUT2D eigenvalue weighted by Gasteiger charge is -2.07. The van der Waals surface area contributed by atoms with Gasteiger partial charge in [-0.05, 0) is 29.8 Å². The standard InChI is InChI=1S/C23H20BrN3O2S/c24-21-11-13-22(14-12-21)30(28,29)25-15-20-17-27(16-18-7-3-1-4-8-18)26-23(20)19-9-5-2-6-10-19/h1-14,17,25H,15-16H2. The molecule has 0 amide bonds. The molecule has 0 fully saturated rings. The first kappa shape index (κ1) is 20.5. The van der Waals surface area contributed by atoms with Gasteiger partial charge in [0.2, 0.25) is 10.0 Å². The molecule has 1 aromatic heterocycles. The van der Waals surface area contributed by atoms with Gasteiger partial charge in [0.15, 0.2) is 0 Å². The van der Waals surface area contributed by atoms with Crippen molar-refractivity contribution in [3.05, 3.63) is 107 Å². The highest BCUT2D eigenvalue weighted by Crippen LogP contribution is 2.23. The zero-order valence-electron chi connectivity index (χ0n) is 16.1. The van der Waals surface area contributed by atoms with Crippen LogP contribution in [0.3, 0.4) is 0 Å². The number of benzene rings is 3. The first-order valence-corrected chi connectivity index (χ1v) is 11.7. The van der Waals surface area contributed by atoms with Gasteiger partial charge in [0.1, 0.15) is 0 Å². The highest BCUT2D eigenvalue weighted by Gasteiger charge is 2.17. The van der Waals surface area contributed by atoms with Crippen molar-refractivity contribution in [3.63, 3.8) is 0 Å². The number of hydrogen-bond donors (Lipinski definition) is 1. The Morgan fingerprint density at radius 3 is 2.17 bits per heavy atom. The van der Waals surface area contributed by atoms with Crippen LogP contribution >= 0.6 is 15.9 Å². The lowest BCUT2D eigenvalue weighted by atomic mass is 10.1. The van der Waals surface area contributed by atoms with Crippen LogP contribution in [0.2, 0.25) is 0 Å². The largest absolute Gasteiger partial charge is 0.267 e. The van der Waals surface area contributed by atoms with Crippen LogP contribution in [0.4, 0.5) is 0 Å². The molecule has 30 heavy (non-hydrogen) atoms. The van der Waals surface area contributed by atoms with E-state index in [9.17, 15) is 8.42 Å². The molecule has 3 aromatic carbocycles. The molecule has 0 bridgehead atoms. The number of rotatable bonds is 7. The third kappa shape index (κ3) is 4.87. The highest BCUT2D eigenvalue weighted by molar-refractivity contribution is 9.10. The summed E-state index contributed by atoms with van der Waals surface area (Å²) in [7, 11) is -3.63. The summed E-state index contributed by atoms with van der Waals surface area (Å²) in [6, 6.07) is 26.4. The summed E-state index contributed by atoms with van der Waals surface area (Å²) in [6.45, 7) is 0.761. The fourth-order valence-electron chi connectivity index (χ4n) is 3.15. The van der Waals surface area contributed by atoms with Crippen molar-refractivity contribution in [2.75, 3.05) is 0 Å². The zero-order chi connectivity index (χ0) is 21.0. The molecule has 0 radical (unpaired) electrons. The molecule has 1 heterocycles. The molecule has 0 aliphatic carbocycles. The number of halogens is 1. The fraction of sp³-hybridized carbons (Fsp3) is 0.0870. The summed E-state index contributed by atoms with van der Waals surface area (Å²) in [5, 5.41) is 4.74. The fourth-order valence-corrected chi connectivity index (χ4v) is 4.42. The Kier molecular flexibility index (Phi) is 6.13. The van der Waals surface area contributed by atoms with Crippen LogP contribution in [0.5, 0.6) is 0 Å². The second-order valence-electron chi connectivity index (χ2n) is 6.83. The predicted octanol–water partition coefficient (Wildman–Crippen LogP) is 4.84. The monoisotopic (exact) mass is 481 g/mol. The Bertz CT molecular complexity index is 1220. The van der Waals surface area contributed by atoms with Crippen LogP contribution < -0.4 is 4.72 Å². The van der Waals surface area contributed by atoms with Crippen molar-refractivity contribution < 1.29 is 8.42 Å². The van der Waals surface area contributed by atoms with Crippen molar-refractivity contribution >= 4 is 26.0 Å². The van der Waals surface area contributed by atoms with E-state index in [0.717, 1.165) is 26.9 Å². The minimum atomic E-state index is -3.63. The lowest BCUT2D eigenvalue weighted by molar-refractivity contribution is 0.581. The number of nitrogens with zero attached hydrogens (tertiary/aromatic N) is 2. The molecule has 5 nitrogen and oxygen atoms in total. The maximum atomic E-state index is 12.7. The minimum absolute atomic E-state index is 0.150. The van der Waals surface area contributed by atoms with Crippen molar-refractivity contribution in [2.24, 2.45) is 0 Å². The summed E-state index contributed by atoms with van der Waals surface area (Å²) in [5.74, 6) is 0. The summed E-state index contributed by atoms with van der Waals surface area (Å²) < 4.78 is 30.8. The second-order valence-corrected chi connectivity index (χ2v) is 9.51. The Balaban J connectivity index is 1.61. The Labute approximate surface area is 184 Å². The summed E-state index contributed by atoms with van der Waals surface area (Å²) in [6.07, 6.45) is 1.90. The molecule has 4 rings (SSSR count). The quantitative estimate of drug-likeness (QED) is 0.410. The van der Waals surface area contributed by atoms with Crippen LogP contribution in [-0.4, -0.2) is 18.2 Å². The average Bonchev–Trinajstić information content (AvgIpc) is 3.17. The zero-order valence-corrected chi connectivity index (χ0v) is 18.5. The normalized spacial score (nSPS) is 11.5. The van der Waals surface area contributed by atoms with Crippen LogP contribution in [-0.2, 0) is 23.1 Å². The SMILES string of the molecule is O=S(=O)(NCc1cn(Cc2ccccc2)nc1-c1ccccc1)c1ccc(Br)cc1. The average molecular weight is 482 g/mol. The molecule has 0 spiro atoms. The van der Waals surface area contributed by atoms with E-state index in [4.69, 9.17) is 5.10 Å². The van der Waals surface area contributed by atoms with E-state index in [1.807, 2.05) is 71.5 Å². The Hall–Kier alpha value is -2.74. The predicted molar refractivity (Wildman–Crippen MR) is 121 cm³/mol. The molecule has 0 aliphatic heterocycles. The van der Waals surface area contributed by atoms with E-state index in [1.54, 1.807) is 24.3 Å². The second kappa shape index (κ2) is 8.95. The van der Waals surface area contributed by atoms with E-state index >= 15 is 0 Å². The summed E-state index contributed by atoms with van der Waals surface area (Å²) >= 11 is 3.33. The first-order valence-electron chi connectivity index (χ1n) is 9.42. The number of aromatic nitrogens is 2. The van der Waals surface area contributed by atoms with Gasteiger partial charge in [-0.2, -0.15) is 5.10 Å². The maximum Gasteiger partial charge on any atom is 0.240 e. The molecular weight excluding hydrogens is 462 g/mol.